The van der Waals surface area contributed by atoms with Crippen molar-refractivity contribution in [2.24, 2.45) is 17.8 Å². The first-order chi connectivity index (χ1) is 9.08. The zero-order chi connectivity index (χ0) is 13.8. The third kappa shape index (κ3) is 3.71. The van der Waals surface area contributed by atoms with Crippen molar-refractivity contribution < 1.29 is 14.7 Å². The van der Waals surface area contributed by atoms with Crippen molar-refractivity contribution in [3.63, 3.8) is 0 Å². The van der Waals surface area contributed by atoms with Gasteiger partial charge in [0.2, 0.25) is 5.91 Å². The summed E-state index contributed by atoms with van der Waals surface area (Å²) in [7, 11) is 0. The number of rotatable bonds is 5. The van der Waals surface area contributed by atoms with Crippen molar-refractivity contribution in [3.05, 3.63) is 0 Å². The Morgan fingerprint density at radius 2 is 1.84 bits per heavy atom. The SMILES string of the molecule is CC(C(=O)O)C1CN(C(=O)CCC2CCCCC2)C1. The van der Waals surface area contributed by atoms with Crippen molar-refractivity contribution in [1.82, 2.24) is 4.90 Å². The van der Waals surface area contributed by atoms with Crippen LogP contribution in [0.5, 0.6) is 0 Å². The van der Waals surface area contributed by atoms with Crippen LogP contribution in [0.1, 0.15) is 51.9 Å². The van der Waals surface area contributed by atoms with Crippen LogP contribution >= 0.6 is 0 Å². The lowest BCUT2D eigenvalue weighted by Crippen LogP contribution is -2.53. The predicted molar refractivity (Wildman–Crippen MR) is 72.7 cm³/mol. The van der Waals surface area contributed by atoms with E-state index in [1.807, 2.05) is 4.90 Å². The highest BCUT2D eigenvalue weighted by atomic mass is 16.4. The van der Waals surface area contributed by atoms with Gasteiger partial charge >= 0.3 is 5.97 Å². The van der Waals surface area contributed by atoms with Gasteiger partial charge < -0.3 is 10.0 Å². The molecule has 4 heteroatoms. The first kappa shape index (κ1) is 14.4. The van der Waals surface area contributed by atoms with E-state index >= 15 is 0 Å². The van der Waals surface area contributed by atoms with Crippen molar-refractivity contribution in [2.45, 2.75) is 51.9 Å². The average Bonchev–Trinajstić information content (AvgIpc) is 2.35. The van der Waals surface area contributed by atoms with Gasteiger partial charge in [0.1, 0.15) is 0 Å². The van der Waals surface area contributed by atoms with Gasteiger partial charge in [0.05, 0.1) is 5.92 Å². The Morgan fingerprint density at radius 3 is 2.42 bits per heavy atom. The van der Waals surface area contributed by atoms with Crippen molar-refractivity contribution in [3.8, 4) is 0 Å². The van der Waals surface area contributed by atoms with Crippen LogP contribution in [-0.4, -0.2) is 35.0 Å². The van der Waals surface area contributed by atoms with Crippen LogP contribution in [-0.2, 0) is 9.59 Å². The number of likely N-dealkylation sites (tertiary alicyclic amines) is 1. The number of carbonyl (C=O) groups excluding carboxylic acids is 1. The molecule has 108 valence electrons. The minimum atomic E-state index is -0.751. The molecule has 2 rings (SSSR count). The largest absolute Gasteiger partial charge is 0.481 e. The van der Waals surface area contributed by atoms with E-state index in [0.29, 0.717) is 19.5 Å². The highest BCUT2D eigenvalue weighted by Crippen LogP contribution is 2.29. The molecule has 19 heavy (non-hydrogen) atoms. The molecule has 0 aromatic carbocycles. The van der Waals surface area contributed by atoms with Crippen molar-refractivity contribution >= 4 is 11.9 Å². The summed E-state index contributed by atoms with van der Waals surface area (Å²) in [6.45, 7) is 3.00. The summed E-state index contributed by atoms with van der Waals surface area (Å²) in [6, 6.07) is 0. The smallest absolute Gasteiger partial charge is 0.306 e. The number of carboxylic acids is 1. The second kappa shape index (κ2) is 6.40. The summed E-state index contributed by atoms with van der Waals surface area (Å²) in [5.74, 6) is 0.0324. The number of carboxylic acid groups (broad SMARTS) is 1. The monoisotopic (exact) mass is 267 g/mol. The molecular weight excluding hydrogens is 242 g/mol. The van der Waals surface area contributed by atoms with Gasteiger partial charge in [-0.1, -0.05) is 39.0 Å². The van der Waals surface area contributed by atoms with Crippen LogP contribution in [0.15, 0.2) is 0 Å². The van der Waals surface area contributed by atoms with Crippen LogP contribution in [0.2, 0.25) is 0 Å². The van der Waals surface area contributed by atoms with Gasteiger partial charge in [-0.25, -0.2) is 0 Å². The molecule has 1 saturated heterocycles. The van der Waals surface area contributed by atoms with Crippen LogP contribution in [0, 0.1) is 17.8 Å². The fraction of sp³-hybridized carbons (Fsp3) is 0.867. The van der Waals surface area contributed by atoms with Gasteiger partial charge in [-0.15, -0.1) is 0 Å². The third-order valence-corrected chi connectivity index (χ3v) is 4.85. The minimum Gasteiger partial charge on any atom is -0.481 e. The van der Waals surface area contributed by atoms with E-state index < -0.39 is 5.97 Å². The summed E-state index contributed by atoms with van der Waals surface area (Å²) >= 11 is 0. The van der Waals surface area contributed by atoms with Gasteiger partial charge in [0.15, 0.2) is 0 Å². The number of hydrogen-bond acceptors (Lipinski definition) is 2. The van der Waals surface area contributed by atoms with Crippen LogP contribution in [0.25, 0.3) is 0 Å². The lowest BCUT2D eigenvalue weighted by Gasteiger charge is -2.41. The number of aliphatic carboxylic acids is 1. The molecule has 1 aliphatic heterocycles. The Morgan fingerprint density at radius 1 is 1.21 bits per heavy atom. The molecule has 0 aromatic rings. The molecule has 1 saturated carbocycles. The van der Waals surface area contributed by atoms with Gasteiger partial charge in [-0.05, 0) is 12.3 Å². The minimum absolute atomic E-state index is 0.149. The molecule has 0 radical (unpaired) electrons. The van der Waals surface area contributed by atoms with E-state index in [9.17, 15) is 9.59 Å². The molecule has 1 aliphatic carbocycles. The zero-order valence-corrected chi connectivity index (χ0v) is 11.8. The van der Waals surface area contributed by atoms with Crippen molar-refractivity contribution in [1.29, 1.82) is 0 Å². The van der Waals surface area contributed by atoms with Crippen LogP contribution < -0.4 is 0 Å². The Labute approximate surface area is 115 Å². The molecule has 1 heterocycles. The molecule has 4 nitrogen and oxygen atoms in total. The number of amides is 1. The Bertz CT molecular complexity index is 330. The van der Waals surface area contributed by atoms with Gasteiger partial charge in [-0.3, -0.25) is 9.59 Å². The lowest BCUT2D eigenvalue weighted by molar-refractivity contribution is -0.150. The summed E-state index contributed by atoms with van der Waals surface area (Å²) < 4.78 is 0. The summed E-state index contributed by atoms with van der Waals surface area (Å²) in [6.07, 6.45) is 8.23. The first-order valence-electron chi connectivity index (χ1n) is 7.58. The topological polar surface area (TPSA) is 57.6 Å². The Kier molecular flexibility index (Phi) is 4.83. The molecule has 0 aromatic heterocycles. The van der Waals surface area contributed by atoms with Crippen LogP contribution in [0.4, 0.5) is 0 Å². The predicted octanol–water partition coefficient (Wildman–Crippen LogP) is 2.53. The highest BCUT2D eigenvalue weighted by Gasteiger charge is 2.36. The maximum Gasteiger partial charge on any atom is 0.306 e. The van der Waals surface area contributed by atoms with Gasteiger partial charge in [-0.2, -0.15) is 0 Å². The molecular formula is C15H25NO3. The molecule has 0 spiro atoms. The van der Waals surface area contributed by atoms with E-state index in [4.69, 9.17) is 5.11 Å². The van der Waals surface area contributed by atoms with Crippen molar-refractivity contribution in [2.75, 3.05) is 13.1 Å². The summed E-state index contributed by atoms with van der Waals surface area (Å²) in [4.78, 5) is 24.6. The third-order valence-electron chi connectivity index (χ3n) is 4.85. The van der Waals surface area contributed by atoms with E-state index in [-0.39, 0.29) is 17.7 Å². The Balaban J connectivity index is 1.64. The summed E-state index contributed by atoms with van der Waals surface area (Å²) in [5, 5.41) is 8.91. The highest BCUT2D eigenvalue weighted by molar-refractivity contribution is 5.77. The number of carbonyl (C=O) groups is 2. The maximum atomic E-state index is 12.0. The molecule has 1 amide bonds. The lowest BCUT2D eigenvalue weighted by atomic mass is 9.84. The molecule has 1 atom stereocenters. The summed E-state index contributed by atoms with van der Waals surface area (Å²) in [5.41, 5.74) is 0. The average molecular weight is 267 g/mol. The normalized spacial score (nSPS) is 22.9. The first-order valence-corrected chi connectivity index (χ1v) is 7.58. The fourth-order valence-corrected chi connectivity index (χ4v) is 3.20. The van der Waals surface area contributed by atoms with E-state index in [1.165, 1.54) is 32.1 Å². The number of nitrogens with zero attached hydrogens (tertiary/aromatic N) is 1. The Hall–Kier alpha value is -1.06. The molecule has 1 unspecified atom stereocenters. The maximum absolute atomic E-state index is 12.0. The molecule has 2 fully saturated rings. The van der Waals surface area contributed by atoms with Gasteiger partial charge in [0.25, 0.3) is 0 Å². The molecule has 0 bridgehead atoms. The standard InChI is InChI=1S/C15H25NO3/c1-11(15(18)19)13-9-16(10-13)14(17)8-7-12-5-3-2-4-6-12/h11-13H,2-10H2,1H3,(H,18,19). The second-order valence-electron chi connectivity index (χ2n) is 6.23. The zero-order valence-electron chi connectivity index (χ0n) is 11.8. The van der Waals surface area contributed by atoms with E-state index in [1.54, 1.807) is 6.92 Å². The fourth-order valence-electron chi connectivity index (χ4n) is 3.20. The van der Waals surface area contributed by atoms with Crippen LogP contribution in [0.3, 0.4) is 0 Å². The second-order valence-corrected chi connectivity index (χ2v) is 6.23. The number of hydrogen-bond donors (Lipinski definition) is 1. The molecule has 2 aliphatic rings. The van der Waals surface area contributed by atoms with E-state index in [0.717, 1.165) is 12.3 Å². The van der Waals surface area contributed by atoms with Gasteiger partial charge in [0, 0.05) is 25.4 Å². The van der Waals surface area contributed by atoms with E-state index in [2.05, 4.69) is 0 Å². The molecule has 1 N–H and O–H groups in total. The quantitative estimate of drug-likeness (QED) is 0.832.